The number of halogens is 1. The van der Waals surface area contributed by atoms with Crippen molar-refractivity contribution in [3.63, 3.8) is 0 Å². The first-order chi connectivity index (χ1) is 9.42. The minimum absolute atomic E-state index is 0.555. The van der Waals surface area contributed by atoms with Crippen LogP contribution >= 0.6 is 0 Å². The van der Waals surface area contributed by atoms with Crippen LogP contribution in [0.2, 0.25) is 0 Å². The number of nitro benzene ring substituents is 1. The molecular weight excluding hydrogens is 307 g/mol. The number of hydrogen-bond acceptors (Lipinski definition) is 5. The van der Waals surface area contributed by atoms with Gasteiger partial charge in [0, 0.05) is 13.1 Å². The summed E-state index contributed by atoms with van der Waals surface area (Å²) in [5.41, 5.74) is -2.78. The fraction of sp³-hybridized carbons (Fsp3) is 0.364. The number of hydrogen-bond donors (Lipinski definition) is 1. The Labute approximate surface area is 120 Å². The van der Waals surface area contributed by atoms with Crippen LogP contribution < -0.4 is 0 Å². The number of rotatable bonds is 5. The molecule has 0 aromatic heterocycles. The van der Waals surface area contributed by atoms with Crippen LogP contribution in [-0.2, 0) is 14.8 Å². The molecular formula is C11H13FN2O6S. The second-order valence-corrected chi connectivity index (χ2v) is 6.68. The Kier molecular flexibility index (Phi) is 4.34. The first kappa shape index (κ1) is 17.0. The molecule has 116 valence electrons. The fourth-order valence-electron chi connectivity index (χ4n) is 1.39. The van der Waals surface area contributed by atoms with E-state index in [9.17, 15) is 27.7 Å². The van der Waals surface area contributed by atoms with E-state index < -0.39 is 42.9 Å². The Hall–Kier alpha value is -2.07. The number of likely N-dealkylation sites (N-methyl/N-ethyl adjacent to an activating group) is 1. The predicted octanol–water partition coefficient (Wildman–Crippen LogP) is 1.22. The molecule has 1 aromatic carbocycles. The molecule has 0 amide bonds. The van der Waals surface area contributed by atoms with Gasteiger partial charge in [-0.05, 0) is 26.0 Å². The maximum absolute atomic E-state index is 13.2. The standard InChI is InChI=1S/C11H13FN2O6S/c1-11(2,10(15)16)13(3)21(19,20)7-4-5-8(12)9(6-7)14(17)18/h4-6H,1-3H3,(H,15,16). The molecule has 0 radical (unpaired) electrons. The van der Waals surface area contributed by atoms with Gasteiger partial charge in [-0.2, -0.15) is 8.70 Å². The molecule has 0 atom stereocenters. The zero-order valence-corrected chi connectivity index (χ0v) is 12.2. The molecule has 8 nitrogen and oxygen atoms in total. The van der Waals surface area contributed by atoms with Crippen molar-refractivity contribution >= 4 is 21.7 Å². The highest BCUT2D eigenvalue weighted by molar-refractivity contribution is 7.89. The molecule has 0 aliphatic rings. The number of carbonyl (C=O) groups is 1. The highest BCUT2D eigenvalue weighted by Crippen LogP contribution is 2.27. The Bertz CT molecular complexity index is 701. The third kappa shape index (κ3) is 3.00. The molecule has 21 heavy (non-hydrogen) atoms. The molecule has 0 saturated carbocycles. The average molecular weight is 320 g/mol. The first-order valence-corrected chi connectivity index (χ1v) is 7.02. The number of carboxylic acid groups (broad SMARTS) is 1. The number of carboxylic acids is 1. The second-order valence-electron chi connectivity index (χ2n) is 4.71. The zero-order chi connectivity index (χ0) is 16.6. The van der Waals surface area contributed by atoms with Gasteiger partial charge in [0.2, 0.25) is 15.8 Å². The summed E-state index contributed by atoms with van der Waals surface area (Å²) in [5, 5.41) is 19.7. The van der Waals surface area contributed by atoms with E-state index in [1.807, 2.05) is 0 Å². The lowest BCUT2D eigenvalue weighted by Crippen LogP contribution is -2.50. The quantitative estimate of drug-likeness (QED) is 0.643. The lowest BCUT2D eigenvalue weighted by molar-refractivity contribution is -0.387. The topological polar surface area (TPSA) is 118 Å². The van der Waals surface area contributed by atoms with E-state index in [4.69, 9.17) is 5.11 Å². The molecule has 0 aliphatic carbocycles. The minimum Gasteiger partial charge on any atom is -0.480 e. The summed E-state index contributed by atoms with van der Waals surface area (Å²) in [6.07, 6.45) is 0. The third-order valence-electron chi connectivity index (χ3n) is 3.08. The van der Waals surface area contributed by atoms with Gasteiger partial charge in [0.1, 0.15) is 5.54 Å². The van der Waals surface area contributed by atoms with Gasteiger partial charge in [-0.1, -0.05) is 0 Å². The Balaban J connectivity index is 3.42. The summed E-state index contributed by atoms with van der Waals surface area (Å²) < 4.78 is 38.4. The highest BCUT2D eigenvalue weighted by atomic mass is 32.2. The maximum atomic E-state index is 13.2. The van der Waals surface area contributed by atoms with E-state index in [0.717, 1.165) is 27.0 Å². The number of sulfonamides is 1. The van der Waals surface area contributed by atoms with Crippen molar-refractivity contribution < 1.29 is 27.6 Å². The molecule has 0 spiro atoms. The molecule has 0 unspecified atom stereocenters. The normalized spacial score (nSPS) is 12.4. The molecule has 1 rings (SSSR count). The zero-order valence-electron chi connectivity index (χ0n) is 11.4. The molecule has 10 heteroatoms. The Morgan fingerprint density at radius 1 is 1.43 bits per heavy atom. The van der Waals surface area contributed by atoms with Crippen LogP contribution in [0.5, 0.6) is 0 Å². The van der Waals surface area contributed by atoms with Crippen LogP contribution in [0, 0.1) is 15.9 Å². The van der Waals surface area contributed by atoms with Crippen molar-refractivity contribution in [3.05, 3.63) is 34.1 Å². The molecule has 0 heterocycles. The van der Waals surface area contributed by atoms with Gasteiger partial charge in [0.25, 0.3) is 0 Å². The van der Waals surface area contributed by atoms with Crippen molar-refractivity contribution in [2.75, 3.05) is 7.05 Å². The van der Waals surface area contributed by atoms with Crippen molar-refractivity contribution in [1.82, 2.24) is 4.31 Å². The average Bonchev–Trinajstić information content (AvgIpc) is 2.37. The lowest BCUT2D eigenvalue weighted by Gasteiger charge is -2.30. The lowest BCUT2D eigenvalue weighted by atomic mass is 10.1. The van der Waals surface area contributed by atoms with Gasteiger partial charge in [-0.25, -0.2) is 8.42 Å². The number of benzene rings is 1. The first-order valence-electron chi connectivity index (χ1n) is 5.58. The van der Waals surface area contributed by atoms with Crippen LogP contribution in [0.4, 0.5) is 10.1 Å². The van der Waals surface area contributed by atoms with Crippen LogP contribution in [0.25, 0.3) is 0 Å². The molecule has 0 bridgehead atoms. The van der Waals surface area contributed by atoms with E-state index in [2.05, 4.69) is 0 Å². The van der Waals surface area contributed by atoms with Crippen molar-refractivity contribution in [1.29, 1.82) is 0 Å². The number of nitrogens with zero attached hydrogens (tertiary/aromatic N) is 2. The van der Waals surface area contributed by atoms with Crippen LogP contribution in [0.1, 0.15) is 13.8 Å². The van der Waals surface area contributed by atoms with E-state index >= 15 is 0 Å². The van der Waals surface area contributed by atoms with Crippen molar-refractivity contribution in [2.24, 2.45) is 0 Å². The van der Waals surface area contributed by atoms with Crippen LogP contribution in [0.3, 0.4) is 0 Å². The third-order valence-corrected chi connectivity index (χ3v) is 5.11. The minimum atomic E-state index is -4.33. The fourth-order valence-corrected chi connectivity index (χ4v) is 2.88. The van der Waals surface area contributed by atoms with Gasteiger partial charge in [0.05, 0.1) is 9.82 Å². The molecule has 0 fully saturated rings. The summed E-state index contributed by atoms with van der Waals surface area (Å²) in [6, 6.07) is 2.04. The Morgan fingerprint density at radius 2 is 1.95 bits per heavy atom. The Morgan fingerprint density at radius 3 is 2.38 bits per heavy atom. The second kappa shape index (κ2) is 5.37. The number of nitro groups is 1. The highest BCUT2D eigenvalue weighted by Gasteiger charge is 2.40. The summed E-state index contributed by atoms with van der Waals surface area (Å²) in [5.74, 6) is -2.58. The SMILES string of the molecule is CN(C(C)(C)C(=O)O)S(=O)(=O)c1ccc(F)c([N+](=O)[O-])c1. The van der Waals surface area contributed by atoms with E-state index in [0.29, 0.717) is 16.4 Å². The largest absolute Gasteiger partial charge is 0.480 e. The molecule has 0 saturated heterocycles. The summed E-state index contributed by atoms with van der Waals surface area (Å²) >= 11 is 0. The molecule has 0 aliphatic heterocycles. The van der Waals surface area contributed by atoms with Gasteiger partial charge < -0.3 is 5.11 Å². The van der Waals surface area contributed by atoms with Crippen molar-refractivity contribution in [3.8, 4) is 0 Å². The van der Waals surface area contributed by atoms with Crippen LogP contribution in [0.15, 0.2) is 23.1 Å². The van der Waals surface area contributed by atoms with Crippen molar-refractivity contribution in [2.45, 2.75) is 24.3 Å². The maximum Gasteiger partial charge on any atom is 0.324 e. The van der Waals surface area contributed by atoms with E-state index in [1.54, 1.807) is 0 Å². The smallest absolute Gasteiger partial charge is 0.324 e. The van der Waals surface area contributed by atoms with Gasteiger partial charge in [0.15, 0.2) is 0 Å². The van der Waals surface area contributed by atoms with Gasteiger partial charge in [-0.15, -0.1) is 0 Å². The van der Waals surface area contributed by atoms with E-state index in [1.165, 1.54) is 0 Å². The monoisotopic (exact) mass is 320 g/mol. The van der Waals surface area contributed by atoms with Gasteiger partial charge in [-0.3, -0.25) is 14.9 Å². The number of aliphatic carboxylic acids is 1. The summed E-state index contributed by atoms with van der Waals surface area (Å²) in [4.78, 5) is 20.1. The van der Waals surface area contributed by atoms with E-state index in [-0.39, 0.29) is 0 Å². The summed E-state index contributed by atoms with van der Waals surface area (Å²) in [6.45, 7) is 2.32. The van der Waals surface area contributed by atoms with Crippen LogP contribution in [-0.4, -0.2) is 41.3 Å². The predicted molar refractivity (Wildman–Crippen MR) is 69.7 cm³/mol. The molecule has 1 N–H and O–H groups in total. The van der Waals surface area contributed by atoms with Gasteiger partial charge >= 0.3 is 11.7 Å². The molecule has 1 aromatic rings. The summed E-state index contributed by atoms with van der Waals surface area (Å²) in [7, 11) is -3.31.